The number of hydrogen-bond acceptors (Lipinski definition) is 2. The molecule has 1 amide bonds. The average molecular weight is 290 g/mol. The van der Waals surface area contributed by atoms with Crippen LogP contribution in [0.2, 0.25) is 10.0 Å². The van der Waals surface area contributed by atoms with Gasteiger partial charge in [0.1, 0.15) is 5.75 Å². The monoisotopic (exact) mass is 289 g/mol. The molecule has 18 heavy (non-hydrogen) atoms. The highest BCUT2D eigenvalue weighted by molar-refractivity contribution is 6.35. The predicted octanol–water partition coefficient (Wildman–Crippen LogP) is 3.68. The quantitative estimate of drug-likeness (QED) is 0.868. The maximum Gasteiger partial charge on any atom is 0.258 e. The van der Waals surface area contributed by atoms with Crippen molar-refractivity contribution in [2.24, 2.45) is 0 Å². The molecule has 0 aromatic heterocycles. The van der Waals surface area contributed by atoms with Crippen LogP contribution in [-0.2, 0) is 4.79 Å². The maximum absolute atomic E-state index is 11.6. The topological polar surface area (TPSA) is 38.3 Å². The van der Waals surface area contributed by atoms with E-state index in [2.05, 4.69) is 12.2 Å². The molecule has 1 unspecified atom stereocenters. The van der Waals surface area contributed by atoms with E-state index in [0.29, 0.717) is 15.8 Å². The number of rotatable bonds is 6. The SMILES string of the molecule is CCCC(C)NC(=O)COc1ccc(Cl)cc1Cl. The minimum Gasteiger partial charge on any atom is -0.482 e. The third-order valence-electron chi connectivity index (χ3n) is 2.38. The van der Waals surface area contributed by atoms with Crippen LogP contribution in [0.15, 0.2) is 18.2 Å². The Hall–Kier alpha value is -0.930. The van der Waals surface area contributed by atoms with Crippen molar-refractivity contribution in [1.29, 1.82) is 0 Å². The summed E-state index contributed by atoms with van der Waals surface area (Å²) in [6, 6.07) is 5.05. The largest absolute Gasteiger partial charge is 0.482 e. The lowest BCUT2D eigenvalue weighted by molar-refractivity contribution is -0.123. The van der Waals surface area contributed by atoms with E-state index in [1.165, 1.54) is 0 Å². The molecule has 0 saturated carbocycles. The van der Waals surface area contributed by atoms with Crippen molar-refractivity contribution in [2.75, 3.05) is 6.61 Å². The lowest BCUT2D eigenvalue weighted by atomic mass is 10.2. The van der Waals surface area contributed by atoms with Gasteiger partial charge in [-0.05, 0) is 31.5 Å². The van der Waals surface area contributed by atoms with Crippen LogP contribution < -0.4 is 10.1 Å². The van der Waals surface area contributed by atoms with Crippen LogP contribution in [0.25, 0.3) is 0 Å². The molecule has 1 N–H and O–H groups in total. The number of nitrogens with one attached hydrogen (secondary N) is 1. The molecule has 100 valence electrons. The van der Waals surface area contributed by atoms with Crippen molar-refractivity contribution in [3.8, 4) is 5.75 Å². The van der Waals surface area contributed by atoms with Crippen molar-refractivity contribution in [3.05, 3.63) is 28.2 Å². The molecule has 1 aromatic carbocycles. The van der Waals surface area contributed by atoms with Crippen LogP contribution in [0.4, 0.5) is 0 Å². The molecular formula is C13H17Cl2NO2. The van der Waals surface area contributed by atoms with E-state index in [-0.39, 0.29) is 18.6 Å². The van der Waals surface area contributed by atoms with E-state index in [0.717, 1.165) is 12.8 Å². The Morgan fingerprint density at radius 3 is 2.78 bits per heavy atom. The van der Waals surface area contributed by atoms with Gasteiger partial charge in [0, 0.05) is 11.1 Å². The van der Waals surface area contributed by atoms with Gasteiger partial charge < -0.3 is 10.1 Å². The van der Waals surface area contributed by atoms with Gasteiger partial charge in [-0.25, -0.2) is 0 Å². The fourth-order valence-electron chi connectivity index (χ4n) is 1.56. The molecule has 0 saturated heterocycles. The van der Waals surface area contributed by atoms with Crippen molar-refractivity contribution < 1.29 is 9.53 Å². The van der Waals surface area contributed by atoms with Gasteiger partial charge in [-0.1, -0.05) is 36.5 Å². The molecule has 5 heteroatoms. The summed E-state index contributed by atoms with van der Waals surface area (Å²) < 4.78 is 5.33. The number of ether oxygens (including phenoxy) is 1. The van der Waals surface area contributed by atoms with E-state index < -0.39 is 0 Å². The first-order chi connectivity index (χ1) is 8.52. The molecule has 0 fully saturated rings. The van der Waals surface area contributed by atoms with Gasteiger partial charge in [-0.15, -0.1) is 0 Å². The average Bonchev–Trinajstić information content (AvgIpc) is 2.28. The summed E-state index contributed by atoms with van der Waals surface area (Å²) in [4.78, 5) is 11.6. The van der Waals surface area contributed by atoms with Gasteiger partial charge in [0.25, 0.3) is 5.91 Å². The Labute approximate surface area is 117 Å². The number of amides is 1. The first-order valence-corrected chi connectivity index (χ1v) is 6.65. The van der Waals surface area contributed by atoms with E-state index >= 15 is 0 Å². The number of carbonyl (C=O) groups excluding carboxylic acids is 1. The number of halogens is 2. The first-order valence-electron chi connectivity index (χ1n) is 5.90. The molecule has 0 aliphatic heterocycles. The maximum atomic E-state index is 11.6. The van der Waals surface area contributed by atoms with E-state index in [1.54, 1.807) is 18.2 Å². The van der Waals surface area contributed by atoms with Crippen LogP contribution >= 0.6 is 23.2 Å². The summed E-state index contributed by atoms with van der Waals surface area (Å²) in [6.45, 7) is 4.00. The lowest BCUT2D eigenvalue weighted by Crippen LogP contribution is -2.35. The number of benzene rings is 1. The van der Waals surface area contributed by atoms with Crippen LogP contribution in [0.1, 0.15) is 26.7 Å². The van der Waals surface area contributed by atoms with Gasteiger partial charge in [0.15, 0.2) is 6.61 Å². The second kappa shape index (κ2) is 7.49. The van der Waals surface area contributed by atoms with E-state index in [4.69, 9.17) is 27.9 Å². The Bertz CT molecular complexity index is 410. The van der Waals surface area contributed by atoms with Crippen LogP contribution in [0.5, 0.6) is 5.75 Å². The molecule has 0 aliphatic rings. The van der Waals surface area contributed by atoms with Crippen molar-refractivity contribution in [1.82, 2.24) is 5.32 Å². The molecule has 0 radical (unpaired) electrons. The third-order valence-corrected chi connectivity index (χ3v) is 2.91. The third kappa shape index (κ3) is 5.15. The zero-order valence-electron chi connectivity index (χ0n) is 10.5. The predicted molar refractivity (Wildman–Crippen MR) is 74.5 cm³/mol. The van der Waals surface area contributed by atoms with Gasteiger partial charge in [0.05, 0.1) is 5.02 Å². The summed E-state index contributed by atoms with van der Waals surface area (Å²) in [5.74, 6) is 0.307. The second-order valence-corrected chi connectivity index (χ2v) is 4.96. The molecule has 1 atom stereocenters. The molecule has 1 aromatic rings. The highest BCUT2D eigenvalue weighted by Crippen LogP contribution is 2.27. The van der Waals surface area contributed by atoms with Crippen molar-refractivity contribution in [3.63, 3.8) is 0 Å². The minimum absolute atomic E-state index is 0.0462. The first kappa shape index (κ1) is 15.1. The Balaban J connectivity index is 2.42. The summed E-state index contributed by atoms with van der Waals surface area (Å²) in [7, 11) is 0. The molecular weight excluding hydrogens is 273 g/mol. The molecule has 3 nitrogen and oxygen atoms in total. The van der Waals surface area contributed by atoms with Crippen molar-refractivity contribution >= 4 is 29.1 Å². The van der Waals surface area contributed by atoms with Crippen LogP contribution in [-0.4, -0.2) is 18.6 Å². The number of hydrogen-bond donors (Lipinski definition) is 1. The second-order valence-electron chi connectivity index (χ2n) is 4.12. The van der Waals surface area contributed by atoms with Crippen molar-refractivity contribution in [2.45, 2.75) is 32.7 Å². The van der Waals surface area contributed by atoms with Gasteiger partial charge >= 0.3 is 0 Å². The zero-order chi connectivity index (χ0) is 13.5. The Morgan fingerprint density at radius 2 is 2.17 bits per heavy atom. The van der Waals surface area contributed by atoms with E-state index in [9.17, 15) is 4.79 Å². The fourth-order valence-corrected chi connectivity index (χ4v) is 2.02. The van der Waals surface area contributed by atoms with Gasteiger partial charge in [0.2, 0.25) is 0 Å². The molecule has 0 aliphatic carbocycles. The molecule has 0 bridgehead atoms. The van der Waals surface area contributed by atoms with Gasteiger partial charge in [-0.3, -0.25) is 4.79 Å². The van der Waals surface area contributed by atoms with Crippen LogP contribution in [0, 0.1) is 0 Å². The zero-order valence-corrected chi connectivity index (χ0v) is 12.0. The fraction of sp³-hybridized carbons (Fsp3) is 0.462. The summed E-state index contributed by atoms with van der Waals surface area (Å²) >= 11 is 11.7. The summed E-state index contributed by atoms with van der Waals surface area (Å²) in [5.41, 5.74) is 0. The highest BCUT2D eigenvalue weighted by atomic mass is 35.5. The smallest absolute Gasteiger partial charge is 0.258 e. The number of carbonyl (C=O) groups is 1. The Kier molecular flexibility index (Phi) is 6.30. The highest BCUT2D eigenvalue weighted by Gasteiger charge is 2.08. The normalized spacial score (nSPS) is 12.0. The molecule has 1 rings (SSSR count). The summed E-state index contributed by atoms with van der Waals surface area (Å²) in [5, 5.41) is 3.78. The van der Waals surface area contributed by atoms with E-state index in [1.807, 2.05) is 6.92 Å². The molecule has 0 spiro atoms. The molecule has 0 heterocycles. The Morgan fingerprint density at radius 1 is 1.44 bits per heavy atom. The van der Waals surface area contributed by atoms with Crippen LogP contribution in [0.3, 0.4) is 0 Å². The minimum atomic E-state index is -0.151. The summed E-state index contributed by atoms with van der Waals surface area (Å²) in [6.07, 6.45) is 1.98. The standard InChI is InChI=1S/C13H17Cl2NO2/c1-3-4-9(2)16-13(17)8-18-12-6-5-10(14)7-11(12)15/h5-7,9H,3-4,8H2,1-2H3,(H,16,17). The van der Waals surface area contributed by atoms with Gasteiger partial charge in [-0.2, -0.15) is 0 Å². The lowest BCUT2D eigenvalue weighted by Gasteiger charge is -2.13.